The molecule has 0 amide bonds. The largest absolute Gasteiger partial charge is 0.472 e. The molecule has 0 aliphatic rings. The molecule has 0 aliphatic heterocycles. The summed E-state index contributed by atoms with van der Waals surface area (Å²) in [6.07, 6.45) is 2.87. The van der Waals surface area contributed by atoms with Crippen LogP contribution in [-0.4, -0.2) is 10.3 Å². The van der Waals surface area contributed by atoms with Crippen LogP contribution in [0, 0.1) is 6.92 Å². The molecule has 74 valence electrons. The minimum Gasteiger partial charge on any atom is -0.472 e. The first-order valence-electron chi connectivity index (χ1n) is 4.38. The second-order valence-corrected chi connectivity index (χ2v) is 3.21. The number of nitrogens with zero attached hydrogens (tertiary/aromatic N) is 1. The van der Waals surface area contributed by atoms with E-state index in [0.29, 0.717) is 12.2 Å². The number of aryl methyl sites for hydroxylation is 1. The summed E-state index contributed by atoms with van der Waals surface area (Å²) in [4.78, 5) is 0. The van der Waals surface area contributed by atoms with Crippen LogP contribution in [0.1, 0.15) is 23.1 Å². The highest BCUT2D eigenvalue weighted by Crippen LogP contribution is 2.18. The Balaban J connectivity index is 2.05. The Morgan fingerprint density at radius 3 is 3.00 bits per heavy atom. The fourth-order valence-corrected chi connectivity index (χ4v) is 1.29. The van der Waals surface area contributed by atoms with Gasteiger partial charge in [0.1, 0.15) is 5.76 Å². The summed E-state index contributed by atoms with van der Waals surface area (Å²) in [5, 5.41) is 13.5. The highest BCUT2D eigenvalue weighted by molar-refractivity contribution is 5.13. The van der Waals surface area contributed by atoms with Crippen molar-refractivity contribution in [3.8, 4) is 0 Å². The summed E-state index contributed by atoms with van der Waals surface area (Å²) in [6.45, 7) is 1.84. The fourth-order valence-electron chi connectivity index (χ4n) is 1.29. The predicted octanol–water partition coefficient (Wildman–Crippen LogP) is 1.85. The van der Waals surface area contributed by atoms with Gasteiger partial charge in [-0.1, -0.05) is 5.16 Å². The minimum atomic E-state index is -0.596. The number of furan rings is 1. The van der Waals surface area contributed by atoms with Crippen LogP contribution in [0.5, 0.6) is 0 Å². The van der Waals surface area contributed by atoms with E-state index in [0.717, 1.165) is 11.3 Å². The Hall–Kier alpha value is -1.55. The smallest absolute Gasteiger partial charge is 0.139 e. The van der Waals surface area contributed by atoms with E-state index < -0.39 is 6.10 Å². The van der Waals surface area contributed by atoms with Gasteiger partial charge in [-0.3, -0.25) is 0 Å². The molecule has 2 heterocycles. The van der Waals surface area contributed by atoms with Crippen LogP contribution in [0.4, 0.5) is 0 Å². The van der Waals surface area contributed by atoms with Gasteiger partial charge in [0.25, 0.3) is 0 Å². The van der Waals surface area contributed by atoms with E-state index in [9.17, 15) is 5.11 Å². The summed E-state index contributed by atoms with van der Waals surface area (Å²) in [6, 6.07) is 3.54. The van der Waals surface area contributed by atoms with E-state index in [1.807, 2.05) is 13.0 Å². The zero-order valence-corrected chi connectivity index (χ0v) is 7.80. The first-order chi connectivity index (χ1) is 6.75. The van der Waals surface area contributed by atoms with Crippen molar-refractivity contribution >= 4 is 0 Å². The molecule has 4 nitrogen and oxygen atoms in total. The zero-order valence-electron chi connectivity index (χ0n) is 7.80. The predicted molar refractivity (Wildman–Crippen MR) is 48.6 cm³/mol. The lowest BCUT2D eigenvalue weighted by Gasteiger charge is -2.03. The Labute approximate surface area is 81.1 Å². The van der Waals surface area contributed by atoms with Gasteiger partial charge in [0.05, 0.1) is 24.3 Å². The lowest BCUT2D eigenvalue weighted by molar-refractivity contribution is 0.166. The Morgan fingerprint density at radius 2 is 2.43 bits per heavy atom. The standard InChI is InChI=1S/C10H11NO3/c1-7-4-9(14-11-7)5-10(12)8-2-3-13-6-8/h2-4,6,10,12H,5H2,1H3. The average molecular weight is 193 g/mol. The summed E-state index contributed by atoms with van der Waals surface area (Å²) in [5.41, 5.74) is 1.57. The van der Waals surface area contributed by atoms with Crippen LogP contribution in [0.2, 0.25) is 0 Å². The highest BCUT2D eigenvalue weighted by atomic mass is 16.5. The molecule has 0 saturated heterocycles. The maximum Gasteiger partial charge on any atom is 0.139 e. The van der Waals surface area contributed by atoms with Gasteiger partial charge in [0.15, 0.2) is 0 Å². The molecule has 0 bridgehead atoms. The van der Waals surface area contributed by atoms with Crippen molar-refractivity contribution in [3.05, 3.63) is 41.7 Å². The van der Waals surface area contributed by atoms with Crippen molar-refractivity contribution in [1.29, 1.82) is 0 Å². The maximum atomic E-state index is 9.72. The number of hydrogen-bond acceptors (Lipinski definition) is 4. The van der Waals surface area contributed by atoms with Gasteiger partial charge in [0.2, 0.25) is 0 Å². The van der Waals surface area contributed by atoms with E-state index in [1.165, 1.54) is 12.5 Å². The topological polar surface area (TPSA) is 59.4 Å². The third kappa shape index (κ3) is 1.85. The van der Waals surface area contributed by atoms with Crippen LogP contribution in [0.3, 0.4) is 0 Å². The van der Waals surface area contributed by atoms with Crippen molar-refractivity contribution in [1.82, 2.24) is 5.16 Å². The molecular weight excluding hydrogens is 182 g/mol. The molecule has 0 radical (unpaired) electrons. The third-order valence-electron chi connectivity index (χ3n) is 2.00. The molecule has 1 atom stereocenters. The van der Waals surface area contributed by atoms with Gasteiger partial charge >= 0.3 is 0 Å². The average Bonchev–Trinajstić information content (AvgIpc) is 2.75. The molecule has 2 aromatic rings. The van der Waals surface area contributed by atoms with Gasteiger partial charge < -0.3 is 14.0 Å². The number of hydrogen-bond donors (Lipinski definition) is 1. The maximum absolute atomic E-state index is 9.72. The van der Waals surface area contributed by atoms with E-state index in [-0.39, 0.29) is 0 Å². The molecule has 0 saturated carbocycles. The molecule has 0 fully saturated rings. The van der Waals surface area contributed by atoms with Gasteiger partial charge in [-0.25, -0.2) is 0 Å². The molecule has 2 aromatic heterocycles. The van der Waals surface area contributed by atoms with Gasteiger partial charge in [-0.05, 0) is 13.0 Å². The van der Waals surface area contributed by atoms with E-state index >= 15 is 0 Å². The summed E-state index contributed by atoms with van der Waals surface area (Å²) in [7, 11) is 0. The Morgan fingerprint density at radius 1 is 1.57 bits per heavy atom. The zero-order chi connectivity index (χ0) is 9.97. The van der Waals surface area contributed by atoms with Crippen molar-refractivity contribution in [2.75, 3.05) is 0 Å². The van der Waals surface area contributed by atoms with Crippen LogP contribution in [-0.2, 0) is 6.42 Å². The van der Waals surface area contributed by atoms with E-state index in [1.54, 1.807) is 6.07 Å². The first kappa shape index (κ1) is 9.02. The number of aliphatic hydroxyl groups is 1. The van der Waals surface area contributed by atoms with Gasteiger partial charge in [-0.2, -0.15) is 0 Å². The monoisotopic (exact) mass is 193 g/mol. The lowest BCUT2D eigenvalue weighted by Crippen LogP contribution is -1.99. The third-order valence-corrected chi connectivity index (χ3v) is 2.00. The quantitative estimate of drug-likeness (QED) is 0.808. The summed E-state index contributed by atoms with van der Waals surface area (Å²) in [5.74, 6) is 0.677. The highest BCUT2D eigenvalue weighted by Gasteiger charge is 2.12. The second kappa shape index (κ2) is 3.67. The summed E-state index contributed by atoms with van der Waals surface area (Å²) < 4.78 is 9.86. The number of aromatic nitrogens is 1. The van der Waals surface area contributed by atoms with Crippen molar-refractivity contribution in [3.63, 3.8) is 0 Å². The van der Waals surface area contributed by atoms with Gasteiger partial charge in [0, 0.05) is 18.1 Å². The summed E-state index contributed by atoms with van der Waals surface area (Å²) >= 11 is 0. The molecule has 4 heteroatoms. The van der Waals surface area contributed by atoms with Gasteiger partial charge in [-0.15, -0.1) is 0 Å². The molecule has 1 N–H and O–H groups in total. The Kier molecular flexibility index (Phi) is 2.37. The van der Waals surface area contributed by atoms with Crippen molar-refractivity contribution in [2.45, 2.75) is 19.4 Å². The molecular formula is C10H11NO3. The van der Waals surface area contributed by atoms with Crippen molar-refractivity contribution < 1.29 is 14.0 Å². The lowest BCUT2D eigenvalue weighted by atomic mass is 10.1. The molecule has 2 rings (SSSR count). The first-order valence-corrected chi connectivity index (χ1v) is 4.38. The van der Waals surface area contributed by atoms with Crippen molar-refractivity contribution in [2.24, 2.45) is 0 Å². The number of rotatable bonds is 3. The molecule has 0 aromatic carbocycles. The van der Waals surface area contributed by atoms with Crippen LogP contribution in [0.25, 0.3) is 0 Å². The van der Waals surface area contributed by atoms with E-state index in [4.69, 9.17) is 8.94 Å². The molecule has 1 unspecified atom stereocenters. The van der Waals surface area contributed by atoms with Crippen LogP contribution < -0.4 is 0 Å². The van der Waals surface area contributed by atoms with E-state index in [2.05, 4.69) is 5.16 Å². The number of aliphatic hydroxyl groups excluding tert-OH is 1. The molecule has 0 spiro atoms. The SMILES string of the molecule is Cc1cc(CC(O)c2ccoc2)on1. The Bertz CT molecular complexity index is 391. The van der Waals surface area contributed by atoms with Crippen LogP contribution in [0.15, 0.2) is 33.6 Å². The minimum absolute atomic E-state index is 0.417. The fraction of sp³-hybridized carbons (Fsp3) is 0.300. The molecule has 0 aliphatic carbocycles. The normalized spacial score (nSPS) is 13.0. The molecule has 14 heavy (non-hydrogen) atoms. The van der Waals surface area contributed by atoms with Crippen LogP contribution >= 0.6 is 0 Å². The second-order valence-electron chi connectivity index (χ2n) is 3.21.